The number of hydrogen-bond donors (Lipinski definition) is 2. The SMILES string of the molecule is C[C@](O)(S)N=O. The van der Waals surface area contributed by atoms with Gasteiger partial charge in [0.05, 0.1) is 0 Å². The monoisotopic (exact) mass is 107 g/mol. The van der Waals surface area contributed by atoms with Gasteiger partial charge in [0, 0.05) is 0 Å². The summed E-state index contributed by atoms with van der Waals surface area (Å²) in [7, 11) is 0. The van der Waals surface area contributed by atoms with E-state index in [1.165, 1.54) is 6.92 Å². The van der Waals surface area contributed by atoms with Crippen LogP contribution >= 0.6 is 12.6 Å². The summed E-state index contributed by atoms with van der Waals surface area (Å²) >= 11 is 3.33. The summed E-state index contributed by atoms with van der Waals surface area (Å²) in [5.74, 6) is 0. The lowest BCUT2D eigenvalue weighted by atomic mass is 10.7. The summed E-state index contributed by atoms with van der Waals surface area (Å²) in [6.07, 6.45) is 0. The highest BCUT2D eigenvalue weighted by atomic mass is 32.1. The molecule has 0 aliphatic heterocycles. The Morgan fingerprint density at radius 3 is 2.17 bits per heavy atom. The molecule has 36 valence electrons. The molecule has 6 heavy (non-hydrogen) atoms. The van der Waals surface area contributed by atoms with Crippen molar-refractivity contribution in [3.05, 3.63) is 4.91 Å². The van der Waals surface area contributed by atoms with Crippen molar-refractivity contribution in [2.75, 3.05) is 0 Å². The molecule has 0 spiro atoms. The van der Waals surface area contributed by atoms with Gasteiger partial charge in [0.15, 0.2) is 0 Å². The Kier molecular flexibility index (Phi) is 1.55. The maximum absolute atomic E-state index is 9.25. The molecule has 0 aromatic rings. The van der Waals surface area contributed by atoms with Crippen molar-refractivity contribution in [2.45, 2.75) is 12.0 Å². The lowest BCUT2D eigenvalue weighted by Crippen LogP contribution is -2.08. The minimum absolute atomic E-state index is 1.18. The molecule has 0 bridgehead atoms. The third-order valence-corrected chi connectivity index (χ3v) is 0.255. The van der Waals surface area contributed by atoms with E-state index in [1.54, 1.807) is 0 Å². The summed E-state index contributed by atoms with van der Waals surface area (Å²) in [6, 6.07) is 0. The number of thiol groups is 1. The van der Waals surface area contributed by atoms with Gasteiger partial charge < -0.3 is 5.11 Å². The van der Waals surface area contributed by atoms with Crippen LogP contribution in [0.15, 0.2) is 5.18 Å². The number of nitrogens with zero attached hydrogens (tertiary/aromatic N) is 1. The van der Waals surface area contributed by atoms with E-state index in [9.17, 15) is 4.91 Å². The van der Waals surface area contributed by atoms with E-state index in [-0.39, 0.29) is 0 Å². The fourth-order valence-corrected chi connectivity index (χ4v) is 0. The highest BCUT2D eigenvalue weighted by molar-refractivity contribution is 7.81. The Bertz CT molecular complexity index is 57.1. The van der Waals surface area contributed by atoms with Crippen molar-refractivity contribution < 1.29 is 5.11 Å². The first kappa shape index (κ1) is 5.91. The van der Waals surface area contributed by atoms with Gasteiger partial charge in [-0.15, -0.1) is 17.5 Å². The van der Waals surface area contributed by atoms with Gasteiger partial charge in [-0.1, -0.05) is 0 Å². The summed E-state index contributed by atoms with van der Waals surface area (Å²) in [5, 5.41) is 8.71. The average molecular weight is 107 g/mol. The summed E-state index contributed by atoms with van der Waals surface area (Å²) in [6.45, 7) is 1.18. The lowest BCUT2D eigenvalue weighted by Gasteiger charge is -1.99. The minimum atomic E-state index is -1.69. The molecule has 3 nitrogen and oxygen atoms in total. The number of hydrogen-bond acceptors (Lipinski definition) is 4. The molecule has 4 heteroatoms. The van der Waals surface area contributed by atoms with Gasteiger partial charge in [-0.3, -0.25) is 0 Å². The number of aliphatic hydroxyl groups is 1. The van der Waals surface area contributed by atoms with Gasteiger partial charge in [0.2, 0.25) is 5.06 Å². The molecule has 0 amide bonds. The van der Waals surface area contributed by atoms with Gasteiger partial charge in [0.1, 0.15) is 0 Å². The van der Waals surface area contributed by atoms with E-state index in [2.05, 4.69) is 17.8 Å². The minimum Gasteiger partial charge on any atom is -0.359 e. The second kappa shape index (κ2) is 1.57. The molecule has 0 saturated heterocycles. The first-order valence-corrected chi connectivity index (χ1v) is 1.80. The van der Waals surface area contributed by atoms with Gasteiger partial charge in [-0.05, 0) is 12.1 Å². The number of rotatable bonds is 1. The molecule has 0 aromatic carbocycles. The fourth-order valence-electron chi connectivity index (χ4n) is 0. The zero-order valence-electron chi connectivity index (χ0n) is 3.25. The Morgan fingerprint density at radius 1 is 2.00 bits per heavy atom. The van der Waals surface area contributed by atoms with Crippen molar-refractivity contribution in [3.63, 3.8) is 0 Å². The van der Waals surface area contributed by atoms with Crippen LogP contribution in [0, 0.1) is 4.91 Å². The smallest absolute Gasteiger partial charge is 0.239 e. The Labute approximate surface area is 40.7 Å². The third kappa shape index (κ3) is 3.91. The molecule has 1 N–H and O–H groups in total. The van der Waals surface area contributed by atoms with Crippen LogP contribution in [0.5, 0.6) is 0 Å². The molecule has 1 atom stereocenters. The first-order valence-electron chi connectivity index (χ1n) is 1.35. The Hall–Kier alpha value is -0.0900. The van der Waals surface area contributed by atoms with Crippen molar-refractivity contribution >= 4 is 12.6 Å². The summed E-state index contributed by atoms with van der Waals surface area (Å²) in [4.78, 5) is 9.25. The van der Waals surface area contributed by atoms with E-state index in [0.29, 0.717) is 0 Å². The molecule has 0 radical (unpaired) electrons. The molecule has 0 aliphatic rings. The predicted octanol–water partition coefficient (Wildman–Crippen LogP) is 0.349. The van der Waals surface area contributed by atoms with Crippen LogP contribution in [-0.2, 0) is 0 Å². The van der Waals surface area contributed by atoms with Crippen molar-refractivity contribution in [2.24, 2.45) is 5.18 Å². The topological polar surface area (TPSA) is 49.7 Å². The summed E-state index contributed by atoms with van der Waals surface area (Å²) < 4.78 is 0. The van der Waals surface area contributed by atoms with Crippen LogP contribution in [0.2, 0.25) is 0 Å². The van der Waals surface area contributed by atoms with Crippen molar-refractivity contribution in [1.29, 1.82) is 0 Å². The maximum atomic E-state index is 9.25. The Balaban J connectivity index is 3.45. The van der Waals surface area contributed by atoms with E-state index >= 15 is 0 Å². The fraction of sp³-hybridized carbons (Fsp3) is 1.00. The second-order valence-corrected chi connectivity index (χ2v) is 1.91. The molecule has 0 fully saturated rings. The van der Waals surface area contributed by atoms with Crippen LogP contribution in [0.3, 0.4) is 0 Å². The van der Waals surface area contributed by atoms with Gasteiger partial charge >= 0.3 is 0 Å². The molecule has 0 unspecified atom stereocenters. The second-order valence-electron chi connectivity index (χ2n) is 1.06. The van der Waals surface area contributed by atoms with E-state index < -0.39 is 5.06 Å². The molecule has 0 aliphatic carbocycles. The van der Waals surface area contributed by atoms with E-state index in [0.717, 1.165) is 0 Å². The van der Waals surface area contributed by atoms with E-state index in [1.807, 2.05) is 0 Å². The molecule has 0 rings (SSSR count). The summed E-state index contributed by atoms with van der Waals surface area (Å²) in [5.41, 5.74) is 0. The maximum Gasteiger partial charge on any atom is 0.239 e. The first-order chi connectivity index (χ1) is 2.56. The normalized spacial score (nSPS) is 19.2. The highest BCUT2D eigenvalue weighted by Gasteiger charge is 2.10. The molecule has 0 saturated carbocycles. The zero-order valence-corrected chi connectivity index (χ0v) is 4.14. The van der Waals surface area contributed by atoms with Crippen LogP contribution in [0.1, 0.15) is 6.92 Å². The Morgan fingerprint density at radius 2 is 2.17 bits per heavy atom. The van der Waals surface area contributed by atoms with Crippen molar-refractivity contribution in [1.82, 2.24) is 0 Å². The zero-order chi connectivity index (χ0) is 5.21. The van der Waals surface area contributed by atoms with E-state index in [4.69, 9.17) is 5.11 Å². The van der Waals surface area contributed by atoms with Crippen LogP contribution in [0.25, 0.3) is 0 Å². The largest absolute Gasteiger partial charge is 0.359 e. The van der Waals surface area contributed by atoms with Gasteiger partial charge in [-0.25, -0.2) is 0 Å². The standard InChI is InChI=1S/C2H5NO2S/c1-2(4,6)3-5/h4,6H,1H3/t2-/m0/s1. The highest BCUT2D eigenvalue weighted by Crippen LogP contribution is 2.06. The quantitative estimate of drug-likeness (QED) is 0.288. The predicted molar refractivity (Wildman–Crippen MR) is 25.4 cm³/mol. The van der Waals surface area contributed by atoms with Gasteiger partial charge in [0.25, 0.3) is 0 Å². The molecular weight excluding hydrogens is 102 g/mol. The van der Waals surface area contributed by atoms with Crippen LogP contribution < -0.4 is 0 Å². The molecule has 0 heterocycles. The molecule has 0 aromatic heterocycles. The lowest BCUT2D eigenvalue weighted by molar-refractivity contribution is 0.169. The third-order valence-electron chi connectivity index (χ3n) is 0.173. The van der Waals surface area contributed by atoms with Gasteiger partial charge in [-0.2, -0.15) is 0 Å². The van der Waals surface area contributed by atoms with Crippen LogP contribution in [-0.4, -0.2) is 10.2 Å². The van der Waals surface area contributed by atoms with Crippen molar-refractivity contribution in [3.8, 4) is 0 Å². The van der Waals surface area contributed by atoms with Crippen LogP contribution in [0.4, 0.5) is 0 Å². The average Bonchev–Trinajstić information content (AvgIpc) is 1.35. The number of nitroso groups, excluding NO2 is 1. The molecular formula is C2H5NO2S.